The van der Waals surface area contributed by atoms with Crippen LogP contribution in [0.3, 0.4) is 0 Å². The van der Waals surface area contributed by atoms with Crippen molar-refractivity contribution in [2.24, 2.45) is 5.11 Å². The topological polar surface area (TPSA) is 95.3 Å². The molecule has 0 radical (unpaired) electrons. The van der Waals surface area contributed by atoms with Crippen molar-refractivity contribution in [3.63, 3.8) is 0 Å². The molecule has 6 nitrogen and oxygen atoms in total. The van der Waals surface area contributed by atoms with Crippen LogP contribution in [0.5, 0.6) is 5.75 Å². The Balaban J connectivity index is 2.89. The van der Waals surface area contributed by atoms with Crippen molar-refractivity contribution in [1.29, 1.82) is 0 Å². The monoisotopic (exact) mass is 239 g/mol. The zero-order valence-corrected chi connectivity index (χ0v) is 9.00. The summed E-state index contributed by atoms with van der Waals surface area (Å²) in [7, 11) is 1.17. The fourth-order valence-corrected chi connectivity index (χ4v) is 1.27. The Labute approximate surface area is 96.3 Å². The summed E-state index contributed by atoms with van der Waals surface area (Å²) in [5.74, 6) is -1.98. The number of esters is 1. The molecule has 1 N–H and O–H groups in total. The van der Waals surface area contributed by atoms with Gasteiger partial charge in [0.25, 0.3) is 0 Å². The first-order chi connectivity index (χ1) is 8.08. The Morgan fingerprint density at radius 2 is 2.41 bits per heavy atom. The molecule has 0 bridgehead atoms. The van der Waals surface area contributed by atoms with Gasteiger partial charge in [-0.15, -0.1) is 0 Å². The van der Waals surface area contributed by atoms with Gasteiger partial charge in [0.15, 0.2) is 11.6 Å². The number of carbonyl (C=O) groups excluding carboxylic acids is 1. The van der Waals surface area contributed by atoms with Gasteiger partial charge in [-0.1, -0.05) is 11.2 Å². The highest BCUT2D eigenvalue weighted by atomic mass is 19.1. The van der Waals surface area contributed by atoms with Crippen LogP contribution in [0.2, 0.25) is 0 Å². The molecule has 0 amide bonds. The van der Waals surface area contributed by atoms with E-state index in [-0.39, 0.29) is 6.42 Å². The standard InChI is InChI=1S/C10H10FN3O3/c1-17-10(16)8(13-14-12)5-6-2-3-9(15)7(11)4-6/h2-4,8,15H,5H2,1H3/t8-/m0/s1. The largest absolute Gasteiger partial charge is 0.505 e. The first-order valence-electron chi connectivity index (χ1n) is 4.68. The number of azide groups is 1. The van der Waals surface area contributed by atoms with Crippen LogP contribution >= 0.6 is 0 Å². The maximum atomic E-state index is 13.0. The minimum atomic E-state index is -1.05. The van der Waals surface area contributed by atoms with Crippen LogP contribution in [0.25, 0.3) is 10.4 Å². The Kier molecular flexibility index (Phi) is 4.30. The lowest BCUT2D eigenvalue weighted by Crippen LogP contribution is -2.22. The van der Waals surface area contributed by atoms with Crippen molar-refractivity contribution in [1.82, 2.24) is 0 Å². The molecule has 1 rings (SSSR count). The molecule has 0 saturated heterocycles. The molecular formula is C10H10FN3O3. The van der Waals surface area contributed by atoms with E-state index in [1.165, 1.54) is 13.2 Å². The molecule has 0 saturated carbocycles. The molecule has 0 unspecified atom stereocenters. The Morgan fingerprint density at radius 3 is 2.94 bits per heavy atom. The van der Waals surface area contributed by atoms with Crippen LogP contribution in [0.4, 0.5) is 4.39 Å². The summed E-state index contributed by atoms with van der Waals surface area (Å²) < 4.78 is 17.5. The van der Waals surface area contributed by atoms with Crippen molar-refractivity contribution in [3.8, 4) is 5.75 Å². The van der Waals surface area contributed by atoms with Crippen molar-refractivity contribution >= 4 is 5.97 Å². The van der Waals surface area contributed by atoms with E-state index in [4.69, 9.17) is 10.6 Å². The van der Waals surface area contributed by atoms with E-state index in [1.807, 2.05) is 0 Å². The fourth-order valence-electron chi connectivity index (χ4n) is 1.27. The number of halogens is 1. The maximum absolute atomic E-state index is 13.0. The average molecular weight is 239 g/mol. The van der Waals surface area contributed by atoms with Crippen LogP contribution in [0.15, 0.2) is 23.3 Å². The molecule has 17 heavy (non-hydrogen) atoms. The molecule has 0 aliphatic carbocycles. The van der Waals surface area contributed by atoms with Gasteiger partial charge in [-0.2, -0.15) is 0 Å². The molecule has 0 fully saturated rings. The number of nitrogens with zero attached hydrogens (tertiary/aromatic N) is 3. The van der Waals surface area contributed by atoms with Gasteiger partial charge in [-0.25, -0.2) is 4.39 Å². The van der Waals surface area contributed by atoms with Crippen molar-refractivity contribution in [3.05, 3.63) is 40.0 Å². The zero-order valence-electron chi connectivity index (χ0n) is 9.00. The van der Waals surface area contributed by atoms with Crippen LogP contribution in [0, 0.1) is 5.82 Å². The second-order valence-electron chi connectivity index (χ2n) is 3.23. The smallest absolute Gasteiger partial charge is 0.314 e. The normalized spacial score (nSPS) is 11.4. The number of phenolic OH excluding ortho intramolecular Hbond substituents is 1. The number of phenols is 1. The lowest BCUT2D eigenvalue weighted by molar-refractivity contribution is -0.142. The van der Waals surface area contributed by atoms with Gasteiger partial charge in [0.2, 0.25) is 0 Å². The van der Waals surface area contributed by atoms with Gasteiger partial charge in [-0.3, -0.25) is 4.79 Å². The van der Waals surface area contributed by atoms with Gasteiger partial charge in [-0.05, 0) is 29.6 Å². The summed E-state index contributed by atoms with van der Waals surface area (Å²) in [6, 6.07) is 2.61. The number of hydrogen-bond donors (Lipinski definition) is 1. The second-order valence-corrected chi connectivity index (χ2v) is 3.23. The van der Waals surface area contributed by atoms with E-state index in [0.29, 0.717) is 5.56 Å². The maximum Gasteiger partial charge on any atom is 0.314 e. The minimum absolute atomic E-state index is 0.00787. The SMILES string of the molecule is COC(=O)[C@H](Cc1ccc(O)c(F)c1)N=[N+]=[N-]. The first kappa shape index (κ1) is 12.8. The lowest BCUT2D eigenvalue weighted by atomic mass is 10.1. The summed E-state index contributed by atoms with van der Waals surface area (Å²) in [5.41, 5.74) is 8.71. The van der Waals surface area contributed by atoms with Crippen LogP contribution in [-0.4, -0.2) is 24.2 Å². The number of ether oxygens (including phenoxy) is 1. The van der Waals surface area contributed by atoms with E-state index in [2.05, 4.69) is 14.8 Å². The number of aromatic hydroxyl groups is 1. The fraction of sp³-hybridized carbons (Fsp3) is 0.300. The number of benzene rings is 1. The van der Waals surface area contributed by atoms with E-state index >= 15 is 0 Å². The lowest BCUT2D eigenvalue weighted by Gasteiger charge is -2.08. The van der Waals surface area contributed by atoms with Crippen LogP contribution in [-0.2, 0) is 16.0 Å². The van der Waals surface area contributed by atoms with E-state index in [9.17, 15) is 9.18 Å². The number of rotatable bonds is 4. The molecule has 0 aliphatic heterocycles. The van der Waals surface area contributed by atoms with Gasteiger partial charge >= 0.3 is 5.97 Å². The third-order valence-electron chi connectivity index (χ3n) is 2.11. The number of hydrogen-bond acceptors (Lipinski definition) is 4. The van der Waals surface area contributed by atoms with Crippen LogP contribution in [0.1, 0.15) is 5.56 Å². The quantitative estimate of drug-likeness (QED) is 0.376. The van der Waals surface area contributed by atoms with E-state index in [0.717, 1.165) is 12.1 Å². The summed E-state index contributed by atoms with van der Waals surface area (Å²) in [6.07, 6.45) is 0.00787. The average Bonchev–Trinajstić information content (AvgIpc) is 2.32. The molecule has 90 valence electrons. The second kappa shape index (κ2) is 5.72. The third kappa shape index (κ3) is 3.35. The molecule has 1 aromatic carbocycles. The van der Waals surface area contributed by atoms with Crippen molar-refractivity contribution in [2.75, 3.05) is 7.11 Å². The molecular weight excluding hydrogens is 229 g/mol. The number of methoxy groups -OCH3 is 1. The highest BCUT2D eigenvalue weighted by molar-refractivity contribution is 5.76. The Bertz CT molecular complexity index is 472. The minimum Gasteiger partial charge on any atom is -0.505 e. The van der Waals surface area contributed by atoms with Gasteiger partial charge in [0, 0.05) is 4.91 Å². The first-order valence-corrected chi connectivity index (χ1v) is 4.68. The van der Waals surface area contributed by atoms with E-state index in [1.54, 1.807) is 0 Å². The third-order valence-corrected chi connectivity index (χ3v) is 2.11. The summed E-state index contributed by atoms with van der Waals surface area (Å²) in [5, 5.41) is 12.3. The predicted octanol–water partition coefficient (Wildman–Crippen LogP) is 1.93. The molecule has 1 aromatic rings. The highest BCUT2D eigenvalue weighted by Gasteiger charge is 2.18. The highest BCUT2D eigenvalue weighted by Crippen LogP contribution is 2.18. The van der Waals surface area contributed by atoms with Crippen LogP contribution < -0.4 is 0 Å². The molecule has 7 heteroatoms. The summed E-state index contributed by atoms with van der Waals surface area (Å²) in [6.45, 7) is 0. The summed E-state index contributed by atoms with van der Waals surface area (Å²) in [4.78, 5) is 13.8. The molecule has 0 aliphatic rings. The molecule has 0 spiro atoms. The number of carbonyl (C=O) groups is 1. The molecule has 1 atom stereocenters. The predicted molar refractivity (Wildman–Crippen MR) is 56.7 cm³/mol. The van der Waals surface area contributed by atoms with Crippen molar-refractivity contribution < 1.29 is 19.0 Å². The molecule has 0 heterocycles. The Hall–Kier alpha value is -2.27. The van der Waals surface area contributed by atoms with Gasteiger partial charge < -0.3 is 9.84 Å². The van der Waals surface area contributed by atoms with Gasteiger partial charge in [0.1, 0.15) is 6.04 Å². The van der Waals surface area contributed by atoms with Gasteiger partial charge in [0.05, 0.1) is 7.11 Å². The molecule has 0 aromatic heterocycles. The van der Waals surface area contributed by atoms with Crippen molar-refractivity contribution in [2.45, 2.75) is 12.5 Å². The summed E-state index contributed by atoms with van der Waals surface area (Å²) >= 11 is 0. The zero-order chi connectivity index (χ0) is 12.8. The Morgan fingerprint density at radius 1 is 1.71 bits per heavy atom. The van der Waals surface area contributed by atoms with E-state index < -0.39 is 23.6 Å².